The molecule has 1 N–H and O–H groups in total. The summed E-state index contributed by atoms with van der Waals surface area (Å²) in [5, 5.41) is 2.45. The Morgan fingerprint density at radius 2 is 2.00 bits per heavy atom. The van der Waals surface area contributed by atoms with E-state index in [0.29, 0.717) is 6.42 Å². The second kappa shape index (κ2) is 5.45. The van der Waals surface area contributed by atoms with Gasteiger partial charge in [-0.3, -0.25) is 14.9 Å². The highest BCUT2D eigenvalue weighted by atomic mass is 79.9. The Balaban J connectivity index is 2.43. The predicted octanol–water partition coefficient (Wildman–Crippen LogP) is 3.16. The monoisotopic (exact) mass is 323 g/mol. The van der Waals surface area contributed by atoms with Crippen molar-refractivity contribution in [3.63, 3.8) is 0 Å². The van der Waals surface area contributed by atoms with Crippen LogP contribution in [0.25, 0.3) is 0 Å². The van der Waals surface area contributed by atoms with E-state index in [-0.39, 0.29) is 29.6 Å². The summed E-state index contributed by atoms with van der Waals surface area (Å²) < 4.78 is 0.977. The predicted molar refractivity (Wildman–Crippen MR) is 77.7 cm³/mol. The highest BCUT2D eigenvalue weighted by molar-refractivity contribution is 9.10. The molecule has 1 saturated heterocycles. The lowest BCUT2D eigenvalue weighted by molar-refractivity contribution is -0.138. The molecule has 1 fully saturated rings. The van der Waals surface area contributed by atoms with Gasteiger partial charge in [0, 0.05) is 22.7 Å². The minimum atomic E-state index is -0.181. The van der Waals surface area contributed by atoms with Crippen molar-refractivity contribution in [1.29, 1.82) is 0 Å². The first-order valence-electron chi connectivity index (χ1n) is 6.50. The smallest absolute Gasteiger partial charge is 0.230 e. The topological polar surface area (TPSA) is 46.2 Å². The summed E-state index contributed by atoms with van der Waals surface area (Å²) >= 11 is 3.56. The molecule has 2 rings (SSSR count). The van der Waals surface area contributed by atoms with Crippen LogP contribution in [0.1, 0.15) is 37.3 Å². The first kappa shape index (κ1) is 14.3. The van der Waals surface area contributed by atoms with Crippen LogP contribution in [0.2, 0.25) is 0 Å². The molecule has 0 aromatic heterocycles. The lowest BCUT2D eigenvalue weighted by atomic mass is 9.74. The number of rotatable bonds is 2. The molecule has 3 nitrogen and oxygen atoms in total. The zero-order chi connectivity index (χ0) is 14.2. The number of piperidine rings is 1. The summed E-state index contributed by atoms with van der Waals surface area (Å²) in [6.45, 7) is 6.07. The Kier molecular flexibility index (Phi) is 4.09. The molecule has 0 radical (unpaired) electrons. The van der Waals surface area contributed by atoms with E-state index in [1.54, 1.807) is 0 Å². The maximum absolute atomic E-state index is 12.1. The quantitative estimate of drug-likeness (QED) is 0.850. The second-order valence-electron chi connectivity index (χ2n) is 5.52. The fraction of sp³-hybridized carbons (Fsp3) is 0.467. The molecule has 0 spiro atoms. The normalized spacial score (nSPS) is 23.6. The van der Waals surface area contributed by atoms with E-state index in [1.165, 1.54) is 0 Å². The van der Waals surface area contributed by atoms with Gasteiger partial charge in [-0.2, -0.15) is 0 Å². The van der Waals surface area contributed by atoms with Crippen LogP contribution in [0.15, 0.2) is 22.7 Å². The van der Waals surface area contributed by atoms with Crippen molar-refractivity contribution < 1.29 is 9.59 Å². The Hall–Kier alpha value is -1.16. The third-order valence-electron chi connectivity index (χ3n) is 3.68. The van der Waals surface area contributed by atoms with Crippen molar-refractivity contribution in [2.24, 2.45) is 11.8 Å². The second-order valence-corrected chi connectivity index (χ2v) is 6.37. The molecule has 1 aliphatic heterocycles. The van der Waals surface area contributed by atoms with E-state index in [4.69, 9.17) is 0 Å². The fourth-order valence-electron chi connectivity index (χ4n) is 2.78. The maximum atomic E-state index is 12.1. The van der Waals surface area contributed by atoms with Crippen LogP contribution >= 0.6 is 15.9 Å². The third-order valence-corrected chi connectivity index (χ3v) is 4.36. The molecule has 1 aliphatic rings. The molecular formula is C15H18BrNO2. The van der Waals surface area contributed by atoms with Crippen molar-refractivity contribution in [3.8, 4) is 0 Å². The number of benzene rings is 1. The van der Waals surface area contributed by atoms with Crippen LogP contribution in [-0.2, 0) is 9.59 Å². The van der Waals surface area contributed by atoms with Gasteiger partial charge in [-0.25, -0.2) is 0 Å². The number of hydrogen-bond acceptors (Lipinski definition) is 2. The third kappa shape index (κ3) is 2.89. The molecule has 1 heterocycles. The van der Waals surface area contributed by atoms with Gasteiger partial charge >= 0.3 is 0 Å². The summed E-state index contributed by atoms with van der Waals surface area (Å²) in [6, 6.07) is 6.07. The Labute approximate surface area is 121 Å². The Morgan fingerprint density at radius 3 is 2.58 bits per heavy atom. The van der Waals surface area contributed by atoms with E-state index < -0.39 is 0 Å². The first-order valence-corrected chi connectivity index (χ1v) is 7.29. The number of halogens is 1. The molecule has 1 aromatic carbocycles. The molecular weight excluding hydrogens is 306 g/mol. The number of carbonyl (C=O) groups excluding carboxylic acids is 2. The number of hydrogen-bond donors (Lipinski definition) is 1. The molecule has 102 valence electrons. The van der Waals surface area contributed by atoms with Gasteiger partial charge in [0.2, 0.25) is 11.8 Å². The van der Waals surface area contributed by atoms with Gasteiger partial charge in [0.15, 0.2) is 0 Å². The summed E-state index contributed by atoms with van der Waals surface area (Å²) in [6.07, 6.45) is 0.371. The lowest BCUT2D eigenvalue weighted by Crippen LogP contribution is -2.46. The molecule has 0 bridgehead atoms. The molecule has 4 heteroatoms. The minimum absolute atomic E-state index is 0.0452. The van der Waals surface area contributed by atoms with Gasteiger partial charge in [-0.15, -0.1) is 0 Å². The Morgan fingerprint density at radius 1 is 1.32 bits per heavy atom. The van der Waals surface area contributed by atoms with Gasteiger partial charge in [-0.1, -0.05) is 41.9 Å². The molecule has 2 amide bonds. The van der Waals surface area contributed by atoms with Crippen LogP contribution in [0.3, 0.4) is 0 Å². The molecule has 2 unspecified atom stereocenters. The maximum Gasteiger partial charge on any atom is 0.230 e. The molecule has 1 aromatic rings. The summed E-state index contributed by atoms with van der Waals surface area (Å²) in [4.78, 5) is 23.7. The number of imide groups is 1. The van der Waals surface area contributed by atoms with Crippen molar-refractivity contribution >= 4 is 27.7 Å². The summed E-state index contributed by atoms with van der Waals surface area (Å²) in [7, 11) is 0. The SMILES string of the molecule is Cc1ccc(C2CC(=O)NC(=O)C2C(C)C)c(Br)c1. The van der Waals surface area contributed by atoms with E-state index >= 15 is 0 Å². The molecule has 0 aliphatic carbocycles. The van der Waals surface area contributed by atoms with E-state index in [9.17, 15) is 9.59 Å². The van der Waals surface area contributed by atoms with Gasteiger partial charge in [0.25, 0.3) is 0 Å². The Bertz CT molecular complexity index is 525. The number of amides is 2. The van der Waals surface area contributed by atoms with E-state index in [1.807, 2.05) is 39.0 Å². The zero-order valence-electron chi connectivity index (χ0n) is 11.4. The standard InChI is InChI=1S/C15H18BrNO2/c1-8(2)14-11(7-13(18)17-15(14)19)10-5-4-9(3)6-12(10)16/h4-6,8,11,14H,7H2,1-3H3,(H,17,18,19). The van der Waals surface area contributed by atoms with Crippen molar-refractivity contribution in [3.05, 3.63) is 33.8 Å². The van der Waals surface area contributed by atoms with Gasteiger partial charge in [0.1, 0.15) is 0 Å². The highest BCUT2D eigenvalue weighted by Crippen LogP contribution is 2.39. The number of carbonyl (C=O) groups is 2. The van der Waals surface area contributed by atoms with Crippen LogP contribution < -0.4 is 5.32 Å². The highest BCUT2D eigenvalue weighted by Gasteiger charge is 2.39. The average molecular weight is 324 g/mol. The van der Waals surface area contributed by atoms with Crippen LogP contribution in [0, 0.1) is 18.8 Å². The number of aryl methyl sites for hydroxylation is 1. The van der Waals surface area contributed by atoms with E-state index in [0.717, 1.165) is 15.6 Å². The van der Waals surface area contributed by atoms with Crippen LogP contribution in [0.5, 0.6) is 0 Å². The van der Waals surface area contributed by atoms with Crippen molar-refractivity contribution in [2.45, 2.75) is 33.1 Å². The van der Waals surface area contributed by atoms with E-state index in [2.05, 4.69) is 21.2 Å². The first-order chi connectivity index (χ1) is 8.90. The largest absolute Gasteiger partial charge is 0.296 e. The summed E-state index contributed by atoms with van der Waals surface area (Å²) in [5.41, 5.74) is 2.20. The van der Waals surface area contributed by atoms with Crippen LogP contribution in [-0.4, -0.2) is 11.8 Å². The molecule has 2 atom stereocenters. The van der Waals surface area contributed by atoms with Crippen molar-refractivity contribution in [1.82, 2.24) is 5.32 Å². The average Bonchev–Trinajstić information content (AvgIpc) is 2.26. The lowest BCUT2D eigenvalue weighted by Gasteiger charge is -2.33. The van der Waals surface area contributed by atoms with Crippen LogP contribution in [0.4, 0.5) is 0 Å². The van der Waals surface area contributed by atoms with Crippen molar-refractivity contribution in [2.75, 3.05) is 0 Å². The van der Waals surface area contributed by atoms with Gasteiger partial charge in [-0.05, 0) is 30.0 Å². The number of nitrogens with one attached hydrogen (secondary N) is 1. The van der Waals surface area contributed by atoms with Gasteiger partial charge in [0.05, 0.1) is 0 Å². The van der Waals surface area contributed by atoms with Gasteiger partial charge < -0.3 is 0 Å². The molecule has 0 saturated carbocycles. The summed E-state index contributed by atoms with van der Waals surface area (Å²) in [5.74, 6) is -0.331. The fourth-order valence-corrected chi connectivity index (χ4v) is 3.57. The minimum Gasteiger partial charge on any atom is -0.296 e. The zero-order valence-corrected chi connectivity index (χ0v) is 13.0. The molecule has 19 heavy (non-hydrogen) atoms.